The van der Waals surface area contributed by atoms with Crippen molar-refractivity contribution in [2.45, 2.75) is 23.9 Å². The maximum absolute atomic E-state index is 13.1. The second kappa shape index (κ2) is 9.52. The number of nitrogens with zero attached hydrogens (tertiary/aromatic N) is 5. The van der Waals surface area contributed by atoms with Crippen LogP contribution in [0, 0.1) is 0 Å². The molecule has 0 N–H and O–H groups in total. The first-order valence-corrected chi connectivity index (χ1v) is 13.1. The minimum atomic E-state index is -0.0143. The molecule has 0 spiro atoms. The van der Waals surface area contributed by atoms with Crippen LogP contribution in [0.1, 0.15) is 26.6 Å². The minimum absolute atomic E-state index is 0.0143. The second-order valence-electron chi connectivity index (χ2n) is 8.12. The standard InChI is InChI=1S/C26H21N5O2S2/c32-25(30-13-12-18-7-4-5-8-19(18)15-30)21-16-34-23(27-21)17-35-26-29-28-24(22-11-6-14-33-22)31(26)20-9-2-1-3-10-20/h1-11,14,16H,12-13,15,17H2. The number of fused-ring (bicyclic) bond motifs is 1. The van der Waals surface area contributed by atoms with Crippen LogP contribution in [0.15, 0.2) is 87.9 Å². The Hall–Kier alpha value is -3.69. The van der Waals surface area contributed by atoms with E-state index in [4.69, 9.17) is 4.42 Å². The molecule has 1 aliphatic rings. The largest absolute Gasteiger partial charge is 0.461 e. The molecule has 0 radical (unpaired) electrons. The fourth-order valence-electron chi connectivity index (χ4n) is 4.17. The zero-order chi connectivity index (χ0) is 23.6. The second-order valence-corrected chi connectivity index (χ2v) is 10.0. The molecule has 0 fully saturated rings. The normalized spacial score (nSPS) is 13.1. The molecular weight excluding hydrogens is 478 g/mol. The van der Waals surface area contributed by atoms with Crippen molar-refractivity contribution in [2.24, 2.45) is 0 Å². The lowest BCUT2D eigenvalue weighted by molar-refractivity contribution is 0.0729. The van der Waals surface area contributed by atoms with E-state index in [1.54, 1.807) is 6.26 Å². The van der Waals surface area contributed by atoms with E-state index in [2.05, 4.69) is 33.4 Å². The summed E-state index contributed by atoms with van der Waals surface area (Å²) in [5.41, 5.74) is 3.99. The summed E-state index contributed by atoms with van der Waals surface area (Å²) < 4.78 is 7.56. The Morgan fingerprint density at radius 2 is 1.83 bits per heavy atom. The van der Waals surface area contributed by atoms with Gasteiger partial charge in [0.05, 0.1) is 12.0 Å². The number of hydrogen-bond acceptors (Lipinski definition) is 7. The number of thiazole rings is 1. The van der Waals surface area contributed by atoms with Crippen molar-refractivity contribution >= 4 is 29.0 Å². The fraction of sp³-hybridized carbons (Fsp3) is 0.154. The highest BCUT2D eigenvalue weighted by Crippen LogP contribution is 2.31. The highest BCUT2D eigenvalue weighted by Gasteiger charge is 2.24. The number of aromatic nitrogens is 4. The van der Waals surface area contributed by atoms with Crippen molar-refractivity contribution in [3.8, 4) is 17.3 Å². The van der Waals surface area contributed by atoms with E-state index in [0.717, 1.165) is 22.3 Å². The Bertz CT molecular complexity index is 1460. The lowest BCUT2D eigenvalue weighted by atomic mass is 10.00. The van der Waals surface area contributed by atoms with Crippen molar-refractivity contribution in [3.05, 3.63) is 100 Å². The predicted octanol–water partition coefficient (Wildman–Crippen LogP) is 5.47. The molecule has 174 valence electrons. The zero-order valence-electron chi connectivity index (χ0n) is 18.7. The average molecular weight is 500 g/mol. The molecule has 0 bridgehead atoms. The Morgan fingerprint density at radius 3 is 2.66 bits per heavy atom. The van der Waals surface area contributed by atoms with Gasteiger partial charge in [0.1, 0.15) is 10.7 Å². The van der Waals surface area contributed by atoms with Gasteiger partial charge in [0.25, 0.3) is 5.91 Å². The van der Waals surface area contributed by atoms with E-state index in [1.165, 1.54) is 34.2 Å². The van der Waals surface area contributed by atoms with Crippen molar-refractivity contribution in [3.63, 3.8) is 0 Å². The molecule has 2 aromatic carbocycles. The van der Waals surface area contributed by atoms with Crippen molar-refractivity contribution < 1.29 is 9.21 Å². The maximum Gasteiger partial charge on any atom is 0.273 e. The first-order chi connectivity index (χ1) is 17.3. The smallest absolute Gasteiger partial charge is 0.273 e. The molecule has 1 aliphatic heterocycles. The third kappa shape index (κ3) is 4.40. The summed E-state index contributed by atoms with van der Waals surface area (Å²) in [5.74, 6) is 1.87. The summed E-state index contributed by atoms with van der Waals surface area (Å²) in [5, 5.41) is 12.3. The van der Waals surface area contributed by atoms with Gasteiger partial charge in [-0.3, -0.25) is 9.36 Å². The van der Waals surface area contributed by atoms with E-state index in [-0.39, 0.29) is 5.91 Å². The molecule has 0 saturated carbocycles. The highest BCUT2D eigenvalue weighted by atomic mass is 32.2. The van der Waals surface area contributed by atoms with Crippen molar-refractivity contribution in [1.82, 2.24) is 24.6 Å². The van der Waals surface area contributed by atoms with Gasteiger partial charge < -0.3 is 9.32 Å². The van der Waals surface area contributed by atoms with Crippen LogP contribution in [-0.2, 0) is 18.7 Å². The zero-order valence-corrected chi connectivity index (χ0v) is 20.3. The highest BCUT2D eigenvalue weighted by molar-refractivity contribution is 7.98. The number of para-hydroxylation sites is 1. The van der Waals surface area contributed by atoms with Gasteiger partial charge in [-0.1, -0.05) is 54.2 Å². The number of benzene rings is 2. The minimum Gasteiger partial charge on any atom is -0.461 e. The molecular formula is C26H21N5O2S2. The number of carbonyl (C=O) groups excluding carboxylic acids is 1. The first-order valence-electron chi connectivity index (χ1n) is 11.2. The van der Waals surface area contributed by atoms with Crippen LogP contribution in [0.4, 0.5) is 0 Å². The third-order valence-electron chi connectivity index (χ3n) is 5.90. The number of rotatable bonds is 6. The Labute approximate surface area is 210 Å². The molecule has 35 heavy (non-hydrogen) atoms. The summed E-state index contributed by atoms with van der Waals surface area (Å²) in [4.78, 5) is 19.6. The first kappa shape index (κ1) is 21.8. The molecule has 1 amide bonds. The summed E-state index contributed by atoms with van der Waals surface area (Å²) >= 11 is 3.03. The number of furan rings is 1. The van der Waals surface area contributed by atoms with Crippen LogP contribution in [0.5, 0.6) is 0 Å². The van der Waals surface area contributed by atoms with E-state index in [1.807, 2.05) is 63.4 Å². The molecule has 0 atom stereocenters. The molecule has 0 unspecified atom stereocenters. The molecule has 0 saturated heterocycles. The van der Waals surface area contributed by atoms with E-state index < -0.39 is 0 Å². The monoisotopic (exact) mass is 499 g/mol. The Kier molecular flexibility index (Phi) is 5.93. The van der Waals surface area contributed by atoms with Gasteiger partial charge in [-0.2, -0.15) is 0 Å². The SMILES string of the molecule is O=C(c1csc(CSc2nnc(-c3ccco3)n2-c2ccccc2)n1)N1CCc2ccccc2C1. The number of thioether (sulfide) groups is 1. The summed E-state index contributed by atoms with van der Waals surface area (Å²) in [7, 11) is 0. The van der Waals surface area contributed by atoms with Gasteiger partial charge in [0, 0.05) is 24.2 Å². The van der Waals surface area contributed by atoms with Crippen molar-refractivity contribution in [2.75, 3.05) is 6.54 Å². The van der Waals surface area contributed by atoms with E-state index >= 15 is 0 Å². The molecule has 6 rings (SSSR count). The van der Waals surface area contributed by atoms with Gasteiger partial charge >= 0.3 is 0 Å². The van der Waals surface area contributed by atoms with E-state index in [9.17, 15) is 4.79 Å². The summed E-state index contributed by atoms with van der Waals surface area (Å²) in [6.45, 7) is 1.35. The molecule has 7 nitrogen and oxygen atoms in total. The molecule has 9 heteroatoms. The topological polar surface area (TPSA) is 77.0 Å². The third-order valence-corrected chi connectivity index (χ3v) is 7.87. The maximum atomic E-state index is 13.1. The molecule has 0 aliphatic carbocycles. The fourth-order valence-corrected chi connectivity index (χ4v) is 5.91. The summed E-state index contributed by atoms with van der Waals surface area (Å²) in [6.07, 6.45) is 2.50. The molecule has 5 aromatic rings. The van der Waals surface area contributed by atoms with Gasteiger partial charge in [0.2, 0.25) is 5.82 Å². The molecule has 3 aromatic heterocycles. The summed E-state index contributed by atoms with van der Waals surface area (Å²) in [6, 6.07) is 22.0. The van der Waals surface area contributed by atoms with Gasteiger partial charge in [-0.05, 0) is 41.8 Å². The lowest BCUT2D eigenvalue weighted by Gasteiger charge is -2.28. The van der Waals surface area contributed by atoms with Gasteiger partial charge in [0.15, 0.2) is 10.9 Å². The van der Waals surface area contributed by atoms with Crippen LogP contribution >= 0.6 is 23.1 Å². The van der Waals surface area contributed by atoms with Crippen LogP contribution in [0.2, 0.25) is 0 Å². The van der Waals surface area contributed by atoms with Crippen molar-refractivity contribution in [1.29, 1.82) is 0 Å². The Balaban J connectivity index is 1.19. The predicted molar refractivity (Wildman–Crippen MR) is 136 cm³/mol. The Morgan fingerprint density at radius 1 is 1.00 bits per heavy atom. The van der Waals surface area contributed by atoms with Crippen LogP contribution in [0.25, 0.3) is 17.3 Å². The molecule has 4 heterocycles. The quantitative estimate of drug-likeness (QED) is 0.288. The van der Waals surface area contributed by atoms with Crippen LogP contribution < -0.4 is 0 Å². The average Bonchev–Trinajstić information content (AvgIpc) is 3.68. The van der Waals surface area contributed by atoms with E-state index in [0.29, 0.717) is 36.1 Å². The van der Waals surface area contributed by atoms with Crippen LogP contribution in [0.3, 0.4) is 0 Å². The van der Waals surface area contributed by atoms with Gasteiger partial charge in [-0.25, -0.2) is 4.98 Å². The van der Waals surface area contributed by atoms with Gasteiger partial charge in [-0.15, -0.1) is 21.5 Å². The van der Waals surface area contributed by atoms with Crippen LogP contribution in [-0.4, -0.2) is 37.1 Å². The number of carbonyl (C=O) groups is 1. The number of hydrogen-bond donors (Lipinski definition) is 0. The number of amides is 1. The lowest BCUT2D eigenvalue weighted by Crippen LogP contribution is -2.36.